The number of halogens is 3. The van der Waals surface area contributed by atoms with Crippen molar-refractivity contribution >= 4 is 15.5 Å². The number of hydrogen-bond acceptors (Lipinski definition) is 4. The quantitative estimate of drug-likeness (QED) is 0.865. The molecule has 118 valence electrons. The van der Waals surface area contributed by atoms with Crippen molar-refractivity contribution in [2.24, 2.45) is 0 Å². The molecule has 1 aromatic carbocycles. The third-order valence-electron chi connectivity index (χ3n) is 3.63. The van der Waals surface area contributed by atoms with Gasteiger partial charge in [0.2, 0.25) is 0 Å². The lowest BCUT2D eigenvalue weighted by Gasteiger charge is -2.41. The van der Waals surface area contributed by atoms with Crippen LogP contribution < -0.4 is 4.90 Å². The van der Waals surface area contributed by atoms with Crippen molar-refractivity contribution < 1.29 is 21.6 Å². The van der Waals surface area contributed by atoms with Crippen LogP contribution >= 0.6 is 0 Å². The second kappa shape index (κ2) is 5.01. The van der Waals surface area contributed by atoms with Crippen molar-refractivity contribution in [3.8, 4) is 0 Å². The molecule has 0 saturated carbocycles. The normalized spacial score (nSPS) is 16.6. The van der Waals surface area contributed by atoms with Crippen molar-refractivity contribution in [1.29, 1.82) is 0 Å². The van der Waals surface area contributed by atoms with Crippen molar-refractivity contribution in [3.63, 3.8) is 0 Å². The molecule has 1 aromatic heterocycles. The number of benzene rings is 1. The molecule has 5 nitrogen and oxygen atoms in total. The Morgan fingerprint density at radius 3 is 2.27 bits per heavy atom. The fourth-order valence-corrected chi connectivity index (χ4v) is 3.07. The predicted octanol–water partition coefficient (Wildman–Crippen LogP) is 2.24. The highest BCUT2D eigenvalue weighted by Gasteiger charge is 2.46. The van der Waals surface area contributed by atoms with E-state index in [1.807, 2.05) is 15.7 Å². The summed E-state index contributed by atoms with van der Waals surface area (Å²) in [6.07, 6.45) is 5.24. The van der Waals surface area contributed by atoms with E-state index in [9.17, 15) is 21.6 Å². The van der Waals surface area contributed by atoms with E-state index in [-0.39, 0.29) is 6.04 Å². The van der Waals surface area contributed by atoms with Gasteiger partial charge in [-0.3, -0.25) is 0 Å². The van der Waals surface area contributed by atoms with Crippen LogP contribution in [0.2, 0.25) is 0 Å². The third kappa shape index (κ3) is 2.45. The first-order valence-electron chi connectivity index (χ1n) is 6.43. The van der Waals surface area contributed by atoms with E-state index in [0.717, 1.165) is 12.1 Å². The van der Waals surface area contributed by atoms with E-state index < -0.39 is 20.2 Å². The van der Waals surface area contributed by atoms with Gasteiger partial charge in [0.1, 0.15) is 0 Å². The van der Waals surface area contributed by atoms with Crippen LogP contribution in [0.25, 0.3) is 0 Å². The molecule has 1 aliphatic heterocycles. The Morgan fingerprint density at radius 2 is 1.77 bits per heavy atom. The third-order valence-corrected chi connectivity index (χ3v) is 5.13. The topological polar surface area (TPSA) is 55.2 Å². The van der Waals surface area contributed by atoms with Gasteiger partial charge in [0.25, 0.3) is 9.84 Å². The SMILES string of the molecule is O=S(=O)(c1ccc(N2CC(n3ccnc3)C2)cc1)C(F)(F)F. The van der Waals surface area contributed by atoms with Gasteiger partial charge in [-0.25, -0.2) is 13.4 Å². The Kier molecular flexibility index (Phi) is 3.39. The summed E-state index contributed by atoms with van der Waals surface area (Å²) in [6.45, 7) is 1.39. The molecule has 1 saturated heterocycles. The number of rotatable bonds is 3. The number of alkyl halides is 3. The zero-order valence-corrected chi connectivity index (χ0v) is 12.0. The summed E-state index contributed by atoms with van der Waals surface area (Å²) in [6, 6.07) is 5.03. The van der Waals surface area contributed by atoms with E-state index >= 15 is 0 Å². The Balaban J connectivity index is 1.72. The molecule has 0 bridgehead atoms. The van der Waals surface area contributed by atoms with Crippen LogP contribution in [0.15, 0.2) is 47.9 Å². The maximum Gasteiger partial charge on any atom is 0.501 e. The molecule has 1 fully saturated rings. The van der Waals surface area contributed by atoms with Gasteiger partial charge in [0.05, 0.1) is 17.3 Å². The summed E-state index contributed by atoms with van der Waals surface area (Å²) >= 11 is 0. The van der Waals surface area contributed by atoms with Gasteiger partial charge >= 0.3 is 5.51 Å². The lowest BCUT2D eigenvalue weighted by Crippen LogP contribution is -2.47. The summed E-state index contributed by atoms with van der Waals surface area (Å²) in [7, 11) is -5.28. The van der Waals surface area contributed by atoms with Gasteiger partial charge in [-0.2, -0.15) is 13.2 Å². The number of nitrogens with zero attached hydrogens (tertiary/aromatic N) is 3. The van der Waals surface area contributed by atoms with Crippen molar-refractivity contribution in [2.45, 2.75) is 16.4 Å². The Labute approximate surface area is 124 Å². The summed E-state index contributed by atoms with van der Waals surface area (Å²) in [4.78, 5) is 5.17. The lowest BCUT2D eigenvalue weighted by molar-refractivity contribution is -0.0436. The molecule has 9 heteroatoms. The van der Waals surface area contributed by atoms with Crippen LogP contribution in [0, 0.1) is 0 Å². The fourth-order valence-electron chi connectivity index (χ4n) is 2.31. The Bertz CT molecular complexity index is 749. The average Bonchev–Trinajstić information content (AvgIpc) is 2.90. The Morgan fingerprint density at radius 1 is 1.14 bits per heavy atom. The summed E-state index contributed by atoms with van der Waals surface area (Å²) in [5, 5.41) is 0. The van der Waals surface area contributed by atoms with E-state index in [4.69, 9.17) is 0 Å². The molecule has 3 rings (SSSR count). The minimum atomic E-state index is -5.28. The first-order chi connectivity index (χ1) is 10.3. The maximum atomic E-state index is 12.5. The summed E-state index contributed by atoms with van der Waals surface area (Å²) in [5.74, 6) is 0. The average molecular weight is 331 g/mol. The molecule has 0 spiro atoms. The molecule has 0 N–H and O–H groups in total. The maximum absolute atomic E-state index is 12.5. The smallest absolute Gasteiger partial charge is 0.367 e. The second-order valence-electron chi connectivity index (χ2n) is 5.01. The number of hydrogen-bond donors (Lipinski definition) is 0. The highest BCUT2D eigenvalue weighted by molar-refractivity contribution is 7.92. The predicted molar refractivity (Wildman–Crippen MR) is 73.2 cm³/mol. The molecule has 0 atom stereocenters. The standard InChI is InChI=1S/C13H12F3N3O2S/c14-13(15,16)22(20,21)12-3-1-10(2-4-12)19-7-11(8-19)18-6-5-17-9-18/h1-6,9,11H,7-8H2. The highest BCUT2D eigenvalue weighted by atomic mass is 32.2. The molecule has 0 amide bonds. The van der Waals surface area contributed by atoms with Crippen LogP contribution in [0.3, 0.4) is 0 Å². The van der Waals surface area contributed by atoms with Crippen LogP contribution in [0.5, 0.6) is 0 Å². The molecule has 0 radical (unpaired) electrons. The van der Waals surface area contributed by atoms with Crippen molar-refractivity contribution in [1.82, 2.24) is 9.55 Å². The number of aromatic nitrogens is 2. The molecular formula is C13H12F3N3O2S. The number of imidazole rings is 1. The molecule has 22 heavy (non-hydrogen) atoms. The summed E-state index contributed by atoms with van der Waals surface area (Å²) < 4.78 is 61.9. The molecular weight excluding hydrogens is 319 g/mol. The minimum absolute atomic E-state index is 0.265. The highest BCUT2D eigenvalue weighted by Crippen LogP contribution is 2.33. The first kappa shape index (κ1) is 14.9. The zero-order valence-electron chi connectivity index (χ0n) is 11.2. The number of sulfone groups is 1. The van der Waals surface area contributed by atoms with Gasteiger partial charge in [0, 0.05) is 31.2 Å². The zero-order chi connectivity index (χ0) is 16.0. The second-order valence-corrected chi connectivity index (χ2v) is 6.95. The monoisotopic (exact) mass is 331 g/mol. The van der Waals surface area contributed by atoms with Crippen LogP contribution in [-0.4, -0.2) is 36.6 Å². The Hall–Kier alpha value is -2.03. The van der Waals surface area contributed by atoms with E-state index in [2.05, 4.69) is 4.98 Å². The van der Waals surface area contributed by atoms with Gasteiger partial charge in [-0.1, -0.05) is 0 Å². The van der Waals surface area contributed by atoms with Gasteiger partial charge in [-0.05, 0) is 24.3 Å². The lowest BCUT2D eigenvalue weighted by atomic mass is 10.1. The van der Waals surface area contributed by atoms with Crippen molar-refractivity contribution in [3.05, 3.63) is 43.0 Å². The molecule has 0 aliphatic carbocycles. The van der Waals surface area contributed by atoms with Gasteiger partial charge in [0.15, 0.2) is 0 Å². The minimum Gasteiger partial charge on any atom is -0.367 e. The molecule has 1 aliphatic rings. The number of anilines is 1. The molecule has 2 heterocycles. The van der Waals surface area contributed by atoms with Crippen molar-refractivity contribution in [2.75, 3.05) is 18.0 Å². The molecule has 0 unspecified atom stereocenters. The first-order valence-corrected chi connectivity index (χ1v) is 7.91. The van der Waals surface area contributed by atoms with E-state index in [1.165, 1.54) is 12.1 Å². The largest absolute Gasteiger partial charge is 0.501 e. The van der Waals surface area contributed by atoms with Gasteiger partial charge in [-0.15, -0.1) is 0 Å². The fraction of sp³-hybridized carbons (Fsp3) is 0.308. The van der Waals surface area contributed by atoms with Crippen LogP contribution in [0.1, 0.15) is 6.04 Å². The van der Waals surface area contributed by atoms with E-state index in [0.29, 0.717) is 18.8 Å². The van der Waals surface area contributed by atoms with Crippen LogP contribution in [-0.2, 0) is 9.84 Å². The van der Waals surface area contributed by atoms with E-state index in [1.54, 1.807) is 12.5 Å². The van der Waals surface area contributed by atoms with Crippen LogP contribution in [0.4, 0.5) is 18.9 Å². The summed E-state index contributed by atoms with van der Waals surface area (Å²) in [5.41, 5.74) is -4.59. The molecule has 2 aromatic rings. The van der Waals surface area contributed by atoms with Gasteiger partial charge < -0.3 is 9.47 Å².